The molecule has 2 nitrogen and oxygen atoms in total. The van der Waals surface area contributed by atoms with Crippen molar-refractivity contribution in [3.8, 4) is 22.3 Å². The molecule has 0 saturated carbocycles. The number of aromatic amines is 1. The standard InChI is InChI=1S/C38H23NO/c1-2-11-23(12-3-1)24-17-8-20-31-32-21-10-19-30(38(32)40-37(24)31)29-18-9-22-33-34-27-15-6-4-13-25(27)26-14-5-7-16-28(26)36(34)39-35(29)33/h1-22,39H. The zero-order valence-corrected chi connectivity index (χ0v) is 21.6. The normalized spacial score (nSPS) is 12.0. The van der Waals surface area contributed by atoms with E-state index >= 15 is 0 Å². The summed E-state index contributed by atoms with van der Waals surface area (Å²) in [5.74, 6) is 0. The lowest BCUT2D eigenvalue weighted by Gasteiger charge is -2.07. The summed E-state index contributed by atoms with van der Waals surface area (Å²) in [6.07, 6.45) is 0. The summed E-state index contributed by atoms with van der Waals surface area (Å²) >= 11 is 0. The summed E-state index contributed by atoms with van der Waals surface area (Å²) < 4.78 is 6.77. The lowest BCUT2D eigenvalue weighted by molar-refractivity contribution is 0.671. The number of aromatic nitrogens is 1. The largest absolute Gasteiger partial charge is 0.455 e. The number of hydrogen-bond donors (Lipinski definition) is 1. The van der Waals surface area contributed by atoms with Crippen molar-refractivity contribution in [3.05, 3.63) is 133 Å². The van der Waals surface area contributed by atoms with Gasteiger partial charge >= 0.3 is 0 Å². The lowest BCUT2D eigenvalue weighted by atomic mass is 9.95. The van der Waals surface area contributed by atoms with Gasteiger partial charge < -0.3 is 9.40 Å². The van der Waals surface area contributed by atoms with Gasteiger partial charge in [-0.2, -0.15) is 0 Å². The molecule has 0 bridgehead atoms. The molecule has 9 rings (SSSR count). The van der Waals surface area contributed by atoms with Gasteiger partial charge in [0.25, 0.3) is 0 Å². The van der Waals surface area contributed by atoms with E-state index in [1.165, 1.54) is 37.8 Å². The third kappa shape index (κ3) is 2.88. The predicted molar refractivity (Wildman–Crippen MR) is 169 cm³/mol. The Morgan fingerprint density at radius 1 is 0.350 bits per heavy atom. The summed E-state index contributed by atoms with van der Waals surface area (Å²) in [5, 5.41) is 9.84. The molecule has 0 aliphatic heterocycles. The van der Waals surface area contributed by atoms with Crippen LogP contribution >= 0.6 is 0 Å². The van der Waals surface area contributed by atoms with Crippen LogP contribution in [0.3, 0.4) is 0 Å². The third-order valence-corrected chi connectivity index (χ3v) is 8.42. The van der Waals surface area contributed by atoms with Gasteiger partial charge in [0, 0.05) is 43.6 Å². The second kappa shape index (κ2) is 8.08. The van der Waals surface area contributed by atoms with Crippen LogP contribution in [0.5, 0.6) is 0 Å². The van der Waals surface area contributed by atoms with Crippen LogP contribution in [-0.4, -0.2) is 4.98 Å². The van der Waals surface area contributed by atoms with E-state index in [1.54, 1.807) is 0 Å². The first-order valence-electron chi connectivity index (χ1n) is 13.7. The Kier molecular flexibility index (Phi) is 4.36. The smallest absolute Gasteiger partial charge is 0.143 e. The van der Waals surface area contributed by atoms with Crippen LogP contribution in [0.25, 0.3) is 87.5 Å². The van der Waals surface area contributed by atoms with Crippen LogP contribution in [0.4, 0.5) is 0 Å². The number of para-hydroxylation sites is 3. The first kappa shape index (κ1) is 21.6. The van der Waals surface area contributed by atoms with E-state index in [-0.39, 0.29) is 0 Å². The van der Waals surface area contributed by atoms with Gasteiger partial charge in [0.1, 0.15) is 11.2 Å². The minimum atomic E-state index is 0.918. The van der Waals surface area contributed by atoms with Gasteiger partial charge in [-0.25, -0.2) is 0 Å². The maximum absolute atomic E-state index is 6.77. The monoisotopic (exact) mass is 509 g/mol. The van der Waals surface area contributed by atoms with Crippen molar-refractivity contribution < 1.29 is 4.42 Å². The molecule has 0 spiro atoms. The Morgan fingerprint density at radius 2 is 0.875 bits per heavy atom. The van der Waals surface area contributed by atoms with Crippen LogP contribution in [-0.2, 0) is 0 Å². The van der Waals surface area contributed by atoms with Crippen LogP contribution in [0, 0.1) is 0 Å². The van der Waals surface area contributed by atoms with E-state index in [9.17, 15) is 0 Å². The van der Waals surface area contributed by atoms with E-state index in [0.717, 1.165) is 49.7 Å². The van der Waals surface area contributed by atoms with Crippen molar-refractivity contribution in [2.75, 3.05) is 0 Å². The highest BCUT2D eigenvalue weighted by Gasteiger charge is 2.19. The molecular weight excluding hydrogens is 486 g/mol. The molecule has 0 unspecified atom stereocenters. The molecule has 0 fully saturated rings. The van der Waals surface area contributed by atoms with E-state index in [0.29, 0.717) is 0 Å². The molecule has 9 aromatic rings. The van der Waals surface area contributed by atoms with Crippen LogP contribution in [0.1, 0.15) is 0 Å². The molecule has 2 heteroatoms. The molecular formula is C38H23NO. The fourth-order valence-electron chi connectivity index (χ4n) is 6.67. The number of hydrogen-bond acceptors (Lipinski definition) is 1. The third-order valence-electron chi connectivity index (χ3n) is 8.42. The number of fused-ring (bicyclic) bond motifs is 11. The van der Waals surface area contributed by atoms with Gasteiger partial charge in [0.15, 0.2) is 0 Å². The molecule has 2 heterocycles. The highest BCUT2D eigenvalue weighted by atomic mass is 16.3. The average molecular weight is 510 g/mol. The van der Waals surface area contributed by atoms with Gasteiger partial charge in [-0.3, -0.25) is 0 Å². The van der Waals surface area contributed by atoms with Gasteiger partial charge in [0.2, 0.25) is 0 Å². The zero-order valence-electron chi connectivity index (χ0n) is 21.6. The van der Waals surface area contributed by atoms with E-state index in [4.69, 9.17) is 4.42 Å². The molecule has 0 aliphatic carbocycles. The molecule has 1 N–H and O–H groups in total. The molecule has 0 saturated heterocycles. The Morgan fingerprint density at radius 3 is 1.62 bits per heavy atom. The van der Waals surface area contributed by atoms with Gasteiger partial charge in [-0.1, -0.05) is 133 Å². The lowest BCUT2D eigenvalue weighted by Crippen LogP contribution is -1.81. The Balaban J connectivity index is 1.39. The van der Waals surface area contributed by atoms with Crippen molar-refractivity contribution in [3.63, 3.8) is 0 Å². The molecule has 0 atom stereocenters. The van der Waals surface area contributed by atoms with Crippen LogP contribution in [0.2, 0.25) is 0 Å². The molecule has 40 heavy (non-hydrogen) atoms. The van der Waals surface area contributed by atoms with Crippen molar-refractivity contribution in [1.29, 1.82) is 0 Å². The number of H-pyrrole nitrogens is 1. The van der Waals surface area contributed by atoms with Crippen molar-refractivity contribution in [2.45, 2.75) is 0 Å². The Hall–Kier alpha value is -5.34. The van der Waals surface area contributed by atoms with Crippen molar-refractivity contribution in [1.82, 2.24) is 4.98 Å². The maximum atomic E-state index is 6.77. The number of nitrogens with one attached hydrogen (secondary N) is 1. The number of furan rings is 1. The van der Waals surface area contributed by atoms with Crippen molar-refractivity contribution in [2.24, 2.45) is 0 Å². The zero-order chi connectivity index (χ0) is 26.2. The van der Waals surface area contributed by atoms with Gasteiger partial charge in [-0.15, -0.1) is 0 Å². The highest BCUT2D eigenvalue weighted by molar-refractivity contribution is 6.32. The second-order valence-electron chi connectivity index (χ2n) is 10.5. The quantitative estimate of drug-likeness (QED) is 0.231. The summed E-state index contributed by atoms with van der Waals surface area (Å²) in [6.45, 7) is 0. The average Bonchev–Trinajstić information content (AvgIpc) is 3.61. The summed E-state index contributed by atoms with van der Waals surface area (Å²) in [4.78, 5) is 3.87. The van der Waals surface area contributed by atoms with E-state index in [1.807, 2.05) is 6.07 Å². The Labute approximate surface area is 230 Å². The van der Waals surface area contributed by atoms with Gasteiger partial charge in [-0.05, 0) is 21.7 Å². The first-order chi connectivity index (χ1) is 19.9. The molecule has 0 amide bonds. The fourth-order valence-corrected chi connectivity index (χ4v) is 6.67. The molecule has 2 aromatic heterocycles. The van der Waals surface area contributed by atoms with Gasteiger partial charge in [0.05, 0.1) is 11.0 Å². The highest BCUT2D eigenvalue weighted by Crippen LogP contribution is 2.44. The van der Waals surface area contributed by atoms with Crippen molar-refractivity contribution >= 4 is 65.3 Å². The van der Waals surface area contributed by atoms with E-state index < -0.39 is 0 Å². The van der Waals surface area contributed by atoms with E-state index in [2.05, 4.69) is 132 Å². The minimum absolute atomic E-state index is 0.918. The molecule has 7 aromatic carbocycles. The second-order valence-corrected chi connectivity index (χ2v) is 10.5. The maximum Gasteiger partial charge on any atom is 0.143 e. The summed E-state index contributed by atoms with van der Waals surface area (Å²) in [5.41, 5.74) is 8.67. The summed E-state index contributed by atoms with van der Waals surface area (Å²) in [6, 6.07) is 47.5. The SMILES string of the molecule is c1ccc(-c2cccc3c2oc2c(-c4cccc5c4[nH]c4c6ccccc6c6ccccc6c54)cccc23)cc1. The first-order valence-corrected chi connectivity index (χ1v) is 13.7. The molecule has 0 aliphatic rings. The fraction of sp³-hybridized carbons (Fsp3) is 0. The topological polar surface area (TPSA) is 28.9 Å². The number of rotatable bonds is 2. The predicted octanol–water partition coefficient (Wildman–Crippen LogP) is 10.9. The molecule has 186 valence electrons. The van der Waals surface area contributed by atoms with Crippen LogP contribution < -0.4 is 0 Å². The van der Waals surface area contributed by atoms with Crippen LogP contribution in [0.15, 0.2) is 138 Å². The Bertz CT molecular complexity index is 2420. The number of benzene rings is 7. The molecule has 0 radical (unpaired) electrons. The minimum Gasteiger partial charge on any atom is -0.455 e. The summed E-state index contributed by atoms with van der Waals surface area (Å²) in [7, 11) is 0.